The summed E-state index contributed by atoms with van der Waals surface area (Å²) < 4.78 is 11.1. The summed E-state index contributed by atoms with van der Waals surface area (Å²) in [6, 6.07) is 5.74. The standard InChI is InChI=1S/C20H21N3O6/c1-11(28-20(25)15-9-13-3-2-4-14(10-15)17(13)24)18-21-22-19(29-18)12-5-7-16(8-6-12)23(26)27/h5-8,11,13-15H,2-4,9-10H2,1H3/t11-,13-,14+,15?/m0/s1. The minimum atomic E-state index is -0.723. The van der Waals surface area contributed by atoms with Gasteiger partial charge in [-0.2, -0.15) is 0 Å². The molecular formula is C20H21N3O6. The highest BCUT2D eigenvalue weighted by atomic mass is 16.6. The topological polar surface area (TPSA) is 125 Å². The Balaban J connectivity index is 1.40. The van der Waals surface area contributed by atoms with Gasteiger partial charge in [-0.25, -0.2) is 0 Å². The molecule has 0 radical (unpaired) electrons. The van der Waals surface area contributed by atoms with Gasteiger partial charge in [0.15, 0.2) is 6.10 Å². The molecule has 2 bridgehead atoms. The predicted octanol–water partition coefficient (Wildman–Crippen LogP) is 3.64. The van der Waals surface area contributed by atoms with E-state index in [1.165, 1.54) is 24.3 Å². The van der Waals surface area contributed by atoms with Crippen LogP contribution in [-0.2, 0) is 14.3 Å². The molecule has 2 aliphatic carbocycles. The van der Waals surface area contributed by atoms with Gasteiger partial charge in [-0.05, 0) is 44.7 Å². The summed E-state index contributed by atoms with van der Waals surface area (Å²) >= 11 is 0. The molecular weight excluding hydrogens is 378 g/mol. The van der Waals surface area contributed by atoms with E-state index >= 15 is 0 Å². The Morgan fingerprint density at radius 3 is 2.48 bits per heavy atom. The number of Topliss-reactive ketones (excluding diaryl/α,β-unsaturated/α-hetero) is 1. The number of aromatic nitrogens is 2. The van der Waals surface area contributed by atoms with Crippen LogP contribution >= 0.6 is 0 Å². The lowest BCUT2D eigenvalue weighted by molar-refractivity contribution is -0.384. The Hall–Kier alpha value is -3.10. The first kappa shape index (κ1) is 19.2. The zero-order valence-corrected chi connectivity index (χ0v) is 15.9. The molecule has 0 amide bonds. The van der Waals surface area contributed by atoms with Gasteiger partial charge >= 0.3 is 5.97 Å². The molecule has 0 N–H and O–H groups in total. The van der Waals surface area contributed by atoms with Crippen LogP contribution in [-0.4, -0.2) is 26.9 Å². The van der Waals surface area contributed by atoms with Crippen molar-refractivity contribution in [2.45, 2.75) is 45.1 Å². The van der Waals surface area contributed by atoms with Crippen molar-refractivity contribution < 1.29 is 23.7 Å². The van der Waals surface area contributed by atoms with Gasteiger partial charge in [-0.1, -0.05) is 6.42 Å². The SMILES string of the molecule is C[C@H](OC(=O)C1C[C@H]2CCC[C@@H](C1)C2=O)c1nnc(-c2ccc([N+](=O)[O-])cc2)o1. The molecule has 9 nitrogen and oxygen atoms in total. The summed E-state index contributed by atoms with van der Waals surface area (Å²) in [5.74, 6) is -0.00753. The Labute approximate surface area is 166 Å². The number of nitro groups is 1. The molecule has 1 heterocycles. The third kappa shape index (κ3) is 3.90. The Bertz CT molecular complexity index is 922. The molecule has 0 saturated heterocycles. The second-order valence-electron chi connectivity index (χ2n) is 7.72. The number of carbonyl (C=O) groups is 2. The number of rotatable bonds is 5. The highest BCUT2D eigenvalue weighted by Gasteiger charge is 2.42. The molecule has 4 rings (SSSR count). The van der Waals surface area contributed by atoms with Crippen molar-refractivity contribution in [3.8, 4) is 11.5 Å². The van der Waals surface area contributed by atoms with E-state index in [0.29, 0.717) is 24.2 Å². The summed E-state index contributed by atoms with van der Waals surface area (Å²) in [7, 11) is 0. The molecule has 9 heteroatoms. The van der Waals surface area contributed by atoms with E-state index in [1.807, 2.05) is 0 Å². The maximum Gasteiger partial charge on any atom is 0.309 e. The van der Waals surface area contributed by atoms with E-state index in [-0.39, 0.29) is 41.2 Å². The average Bonchev–Trinajstić information content (AvgIpc) is 3.18. The minimum absolute atomic E-state index is 0.0208. The van der Waals surface area contributed by atoms with E-state index in [4.69, 9.17) is 9.15 Å². The summed E-state index contributed by atoms with van der Waals surface area (Å²) in [5, 5.41) is 18.6. The van der Waals surface area contributed by atoms with Crippen LogP contribution in [0.5, 0.6) is 0 Å². The predicted molar refractivity (Wildman–Crippen MR) is 99.5 cm³/mol. The molecule has 29 heavy (non-hydrogen) atoms. The lowest BCUT2D eigenvalue weighted by Gasteiger charge is -2.36. The molecule has 152 valence electrons. The van der Waals surface area contributed by atoms with Crippen LogP contribution in [0.25, 0.3) is 11.5 Å². The Morgan fingerprint density at radius 1 is 1.21 bits per heavy atom. The van der Waals surface area contributed by atoms with Gasteiger partial charge in [-0.15, -0.1) is 10.2 Å². The van der Waals surface area contributed by atoms with E-state index in [9.17, 15) is 19.7 Å². The van der Waals surface area contributed by atoms with Crippen molar-refractivity contribution in [3.63, 3.8) is 0 Å². The highest BCUT2D eigenvalue weighted by molar-refractivity contribution is 5.87. The zero-order valence-electron chi connectivity index (χ0n) is 15.9. The van der Waals surface area contributed by atoms with Crippen LogP contribution in [0, 0.1) is 27.9 Å². The first-order valence-electron chi connectivity index (χ1n) is 9.75. The second-order valence-corrected chi connectivity index (χ2v) is 7.72. The minimum Gasteiger partial charge on any atom is -0.452 e. The molecule has 2 saturated carbocycles. The highest BCUT2D eigenvalue weighted by Crippen LogP contribution is 2.41. The molecule has 0 aliphatic heterocycles. The fraction of sp³-hybridized carbons (Fsp3) is 0.500. The molecule has 2 aliphatic rings. The van der Waals surface area contributed by atoms with E-state index < -0.39 is 11.0 Å². The van der Waals surface area contributed by atoms with Crippen molar-refractivity contribution >= 4 is 17.4 Å². The molecule has 1 aromatic heterocycles. The molecule has 2 fully saturated rings. The summed E-state index contributed by atoms with van der Waals surface area (Å²) in [6.45, 7) is 1.65. The number of ketones is 1. The monoisotopic (exact) mass is 399 g/mol. The number of fused-ring (bicyclic) bond motifs is 2. The third-order valence-corrected chi connectivity index (χ3v) is 5.79. The third-order valence-electron chi connectivity index (χ3n) is 5.79. The van der Waals surface area contributed by atoms with Crippen LogP contribution < -0.4 is 0 Å². The van der Waals surface area contributed by atoms with Crippen LogP contribution in [0.4, 0.5) is 5.69 Å². The van der Waals surface area contributed by atoms with Gasteiger partial charge in [0.25, 0.3) is 11.6 Å². The number of hydrogen-bond donors (Lipinski definition) is 0. The maximum absolute atomic E-state index is 12.6. The van der Waals surface area contributed by atoms with Gasteiger partial charge in [0.05, 0.1) is 10.8 Å². The number of nitrogens with zero attached hydrogens (tertiary/aromatic N) is 3. The van der Waals surface area contributed by atoms with Crippen molar-refractivity contribution in [2.75, 3.05) is 0 Å². The summed E-state index contributed by atoms with van der Waals surface area (Å²) in [6.07, 6.45) is 3.15. The molecule has 4 atom stereocenters. The van der Waals surface area contributed by atoms with Gasteiger partial charge in [0.1, 0.15) is 5.78 Å². The smallest absolute Gasteiger partial charge is 0.309 e. The number of carbonyl (C=O) groups excluding carboxylic acids is 2. The zero-order chi connectivity index (χ0) is 20.5. The van der Waals surface area contributed by atoms with Crippen molar-refractivity contribution in [3.05, 3.63) is 40.3 Å². The van der Waals surface area contributed by atoms with E-state index in [0.717, 1.165) is 19.3 Å². The van der Waals surface area contributed by atoms with Crippen molar-refractivity contribution in [1.82, 2.24) is 10.2 Å². The van der Waals surface area contributed by atoms with Gasteiger partial charge in [0.2, 0.25) is 5.89 Å². The maximum atomic E-state index is 12.6. The van der Waals surface area contributed by atoms with Crippen LogP contribution in [0.1, 0.15) is 51.0 Å². The number of nitro benzene ring substituents is 1. The summed E-state index contributed by atoms with van der Waals surface area (Å²) in [4.78, 5) is 35.1. The molecule has 1 unspecified atom stereocenters. The first-order valence-corrected chi connectivity index (χ1v) is 9.75. The van der Waals surface area contributed by atoms with E-state index in [1.54, 1.807) is 6.92 Å². The lowest BCUT2D eigenvalue weighted by atomic mass is 9.67. The van der Waals surface area contributed by atoms with Crippen molar-refractivity contribution in [1.29, 1.82) is 0 Å². The molecule has 1 aromatic carbocycles. The molecule has 2 aromatic rings. The molecule has 0 spiro atoms. The van der Waals surface area contributed by atoms with Crippen LogP contribution in [0.3, 0.4) is 0 Å². The number of ether oxygens (including phenoxy) is 1. The second kappa shape index (κ2) is 7.73. The number of esters is 1. The van der Waals surface area contributed by atoms with Gasteiger partial charge in [-0.3, -0.25) is 19.7 Å². The normalized spacial score (nSPS) is 24.7. The lowest BCUT2D eigenvalue weighted by Crippen LogP contribution is -2.39. The van der Waals surface area contributed by atoms with Crippen molar-refractivity contribution in [2.24, 2.45) is 17.8 Å². The van der Waals surface area contributed by atoms with Gasteiger partial charge < -0.3 is 9.15 Å². The Morgan fingerprint density at radius 2 is 1.86 bits per heavy atom. The number of benzene rings is 1. The van der Waals surface area contributed by atoms with Gasteiger partial charge in [0, 0.05) is 29.5 Å². The summed E-state index contributed by atoms with van der Waals surface area (Å²) in [5.41, 5.74) is 0.498. The van der Waals surface area contributed by atoms with Crippen LogP contribution in [0.15, 0.2) is 28.7 Å². The fourth-order valence-corrected chi connectivity index (χ4v) is 4.23. The quantitative estimate of drug-likeness (QED) is 0.424. The van der Waals surface area contributed by atoms with E-state index in [2.05, 4.69) is 10.2 Å². The average molecular weight is 399 g/mol. The fourth-order valence-electron chi connectivity index (χ4n) is 4.23. The van der Waals surface area contributed by atoms with Crippen LogP contribution in [0.2, 0.25) is 0 Å². The number of hydrogen-bond acceptors (Lipinski definition) is 8. The number of non-ortho nitro benzene ring substituents is 1. The Kier molecular flexibility index (Phi) is 5.12. The first-order chi connectivity index (χ1) is 13.9. The largest absolute Gasteiger partial charge is 0.452 e.